The molecule has 0 atom stereocenters. The monoisotopic (exact) mass is 482 g/mol. The summed E-state index contributed by atoms with van der Waals surface area (Å²) in [4.78, 5) is 21.1. The molecule has 2 aromatic rings. The van der Waals surface area contributed by atoms with Crippen molar-refractivity contribution in [2.45, 2.75) is 110 Å². The highest BCUT2D eigenvalue weighted by atomic mass is 19.1. The molecule has 1 saturated carbocycles. The van der Waals surface area contributed by atoms with E-state index in [-0.39, 0.29) is 11.9 Å². The molecule has 0 aliphatic heterocycles. The van der Waals surface area contributed by atoms with E-state index in [0.717, 1.165) is 44.4 Å². The van der Waals surface area contributed by atoms with Crippen LogP contribution in [-0.4, -0.2) is 15.9 Å². The predicted molar refractivity (Wildman–Crippen MR) is 140 cm³/mol. The number of aromatic nitrogens is 2. The molecular weight excluding hydrogens is 439 g/mol. The van der Waals surface area contributed by atoms with Crippen molar-refractivity contribution in [3.63, 3.8) is 0 Å². The number of carbonyl (C=O) groups is 1. The highest BCUT2D eigenvalue weighted by Gasteiger charge is 2.27. The molecule has 1 aromatic carbocycles. The van der Waals surface area contributed by atoms with Crippen LogP contribution in [0.1, 0.15) is 109 Å². The van der Waals surface area contributed by atoms with Gasteiger partial charge in [-0.3, -0.25) is 4.79 Å². The number of rotatable bonds is 14. The van der Waals surface area contributed by atoms with Gasteiger partial charge in [-0.15, -0.1) is 0 Å². The number of hydrogen-bond acceptors (Lipinski definition) is 4. The molecule has 0 amide bonds. The third-order valence-corrected chi connectivity index (χ3v) is 7.34. The van der Waals surface area contributed by atoms with Crippen molar-refractivity contribution >= 4 is 5.97 Å². The van der Waals surface area contributed by atoms with Gasteiger partial charge in [0.1, 0.15) is 5.75 Å². The predicted octanol–water partition coefficient (Wildman–Crippen LogP) is 8.48. The SMILES string of the molecule is CCCCCCCCc1cnc(-c2ccc(OC(=O)[C@H]3CC[C@H](CCCCC)CC3)cc2)nc1F. The van der Waals surface area contributed by atoms with Gasteiger partial charge in [-0.1, -0.05) is 71.6 Å². The fourth-order valence-electron chi connectivity index (χ4n) is 5.03. The number of halogens is 1. The minimum Gasteiger partial charge on any atom is -0.426 e. The van der Waals surface area contributed by atoms with Gasteiger partial charge in [-0.25, -0.2) is 4.98 Å². The van der Waals surface area contributed by atoms with Crippen LogP contribution in [0, 0.1) is 17.8 Å². The van der Waals surface area contributed by atoms with Crippen LogP contribution < -0.4 is 4.74 Å². The molecule has 1 heterocycles. The van der Waals surface area contributed by atoms with Crippen LogP contribution in [0.3, 0.4) is 0 Å². The number of ether oxygens (including phenoxy) is 1. The second kappa shape index (κ2) is 15.0. The Bertz CT molecular complexity index is 892. The second-order valence-electron chi connectivity index (χ2n) is 10.2. The molecule has 0 N–H and O–H groups in total. The highest BCUT2D eigenvalue weighted by Crippen LogP contribution is 2.33. The average Bonchev–Trinajstić information content (AvgIpc) is 2.88. The Hall–Kier alpha value is -2.30. The molecule has 0 spiro atoms. The lowest BCUT2D eigenvalue weighted by Crippen LogP contribution is -2.25. The number of unbranched alkanes of at least 4 members (excludes halogenated alkanes) is 7. The zero-order valence-corrected chi connectivity index (χ0v) is 21.7. The third kappa shape index (κ3) is 9.01. The Kier molecular flexibility index (Phi) is 11.7. The van der Waals surface area contributed by atoms with Crippen LogP contribution in [0.4, 0.5) is 4.39 Å². The van der Waals surface area contributed by atoms with Crippen molar-refractivity contribution in [2.24, 2.45) is 11.8 Å². The van der Waals surface area contributed by atoms with E-state index in [1.54, 1.807) is 30.5 Å². The van der Waals surface area contributed by atoms with Crippen molar-refractivity contribution in [1.29, 1.82) is 0 Å². The first-order valence-electron chi connectivity index (χ1n) is 13.9. The Balaban J connectivity index is 1.45. The van der Waals surface area contributed by atoms with Crippen molar-refractivity contribution in [3.05, 3.63) is 42.0 Å². The maximum absolute atomic E-state index is 14.5. The smallest absolute Gasteiger partial charge is 0.314 e. The normalized spacial score (nSPS) is 17.9. The Morgan fingerprint density at radius 3 is 2.26 bits per heavy atom. The van der Waals surface area contributed by atoms with Gasteiger partial charge in [0.15, 0.2) is 5.82 Å². The molecule has 192 valence electrons. The average molecular weight is 483 g/mol. The summed E-state index contributed by atoms with van der Waals surface area (Å²) in [5.74, 6) is 1.06. The molecule has 1 aliphatic rings. The van der Waals surface area contributed by atoms with Gasteiger partial charge in [0.05, 0.1) is 5.92 Å². The van der Waals surface area contributed by atoms with E-state index < -0.39 is 5.95 Å². The zero-order valence-electron chi connectivity index (χ0n) is 21.7. The van der Waals surface area contributed by atoms with E-state index >= 15 is 0 Å². The number of carbonyl (C=O) groups excluding carboxylic acids is 1. The van der Waals surface area contributed by atoms with Crippen molar-refractivity contribution in [2.75, 3.05) is 0 Å². The summed E-state index contributed by atoms with van der Waals surface area (Å²) in [6.07, 6.45) is 18.6. The Morgan fingerprint density at radius 2 is 1.57 bits per heavy atom. The Labute approximate surface area is 211 Å². The first kappa shape index (κ1) is 27.3. The number of hydrogen-bond donors (Lipinski definition) is 0. The molecule has 1 fully saturated rings. The van der Waals surface area contributed by atoms with Gasteiger partial charge in [-0.05, 0) is 68.7 Å². The van der Waals surface area contributed by atoms with Crippen LogP contribution in [-0.2, 0) is 11.2 Å². The third-order valence-electron chi connectivity index (χ3n) is 7.34. The number of benzene rings is 1. The van der Waals surface area contributed by atoms with Gasteiger partial charge in [0.25, 0.3) is 0 Å². The summed E-state index contributed by atoms with van der Waals surface area (Å²) >= 11 is 0. The molecule has 1 aromatic heterocycles. The summed E-state index contributed by atoms with van der Waals surface area (Å²) in [7, 11) is 0. The van der Waals surface area contributed by atoms with Crippen molar-refractivity contribution < 1.29 is 13.9 Å². The molecule has 0 saturated heterocycles. The van der Waals surface area contributed by atoms with E-state index in [2.05, 4.69) is 23.8 Å². The lowest BCUT2D eigenvalue weighted by molar-refractivity contribution is -0.140. The maximum atomic E-state index is 14.5. The van der Waals surface area contributed by atoms with E-state index in [9.17, 15) is 9.18 Å². The van der Waals surface area contributed by atoms with Crippen LogP contribution in [0.25, 0.3) is 11.4 Å². The summed E-state index contributed by atoms with van der Waals surface area (Å²) in [5, 5.41) is 0. The van der Waals surface area contributed by atoms with Gasteiger partial charge >= 0.3 is 5.97 Å². The molecular formula is C30H43FN2O2. The van der Waals surface area contributed by atoms with E-state index in [1.165, 1.54) is 51.4 Å². The molecule has 5 heteroatoms. The topological polar surface area (TPSA) is 52.1 Å². The standard InChI is InChI=1S/C30H43FN2O2/c1-3-5-7-8-9-11-13-26-22-32-29(33-28(26)31)24-18-20-27(21-19-24)35-30(34)25-16-14-23(15-17-25)12-10-6-4-2/h18-23,25H,3-17H2,1-2H3/t23-,25-. The molecule has 35 heavy (non-hydrogen) atoms. The molecule has 0 bridgehead atoms. The van der Waals surface area contributed by atoms with E-state index in [4.69, 9.17) is 4.74 Å². The minimum absolute atomic E-state index is 0.00581. The quantitative estimate of drug-likeness (QED) is 0.117. The summed E-state index contributed by atoms with van der Waals surface area (Å²) in [5.41, 5.74) is 1.29. The van der Waals surface area contributed by atoms with Gasteiger partial charge < -0.3 is 4.74 Å². The molecule has 0 unspecified atom stereocenters. The first-order valence-corrected chi connectivity index (χ1v) is 13.9. The lowest BCUT2D eigenvalue weighted by Gasteiger charge is -2.27. The van der Waals surface area contributed by atoms with E-state index in [1.807, 2.05) is 0 Å². The Morgan fingerprint density at radius 1 is 0.914 bits per heavy atom. The van der Waals surface area contributed by atoms with Crippen molar-refractivity contribution in [3.8, 4) is 17.1 Å². The lowest BCUT2D eigenvalue weighted by atomic mass is 9.80. The number of aryl methyl sites for hydroxylation is 1. The van der Waals surface area contributed by atoms with Gasteiger partial charge in [0, 0.05) is 17.3 Å². The summed E-state index contributed by atoms with van der Waals surface area (Å²) in [6.45, 7) is 4.44. The number of nitrogens with zero attached hydrogens (tertiary/aromatic N) is 2. The summed E-state index contributed by atoms with van der Waals surface area (Å²) < 4.78 is 20.2. The minimum atomic E-state index is -0.440. The van der Waals surface area contributed by atoms with Gasteiger partial charge in [-0.2, -0.15) is 9.37 Å². The fraction of sp³-hybridized carbons (Fsp3) is 0.633. The molecule has 1 aliphatic carbocycles. The largest absolute Gasteiger partial charge is 0.426 e. The first-order chi connectivity index (χ1) is 17.1. The molecule has 0 radical (unpaired) electrons. The van der Waals surface area contributed by atoms with E-state index in [0.29, 0.717) is 29.1 Å². The van der Waals surface area contributed by atoms with Crippen LogP contribution >= 0.6 is 0 Å². The van der Waals surface area contributed by atoms with Gasteiger partial charge in [0.2, 0.25) is 5.95 Å². The highest BCUT2D eigenvalue weighted by molar-refractivity contribution is 5.75. The fourth-order valence-corrected chi connectivity index (χ4v) is 5.03. The summed E-state index contributed by atoms with van der Waals surface area (Å²) in [6, 6.07) is 7.06. The molecule has 4 nitrogen and oxygen atoms in total. The number of esters is 1. The second-order valence-corrected chi connectivity index (χ2v) is 10.2. The van der Waals surface area contributed by atoms with Crippen LogP contribution in [0.2, 0.25) is 0 Å². The zero-order chi connectivity index (χ0) is 24.9. The van der Waals surface area contributed by atoms with Crippen LogP contribution in [0.15, 0.2) is 30.5 Å². The van der Waals surface area contributed by atoms with Crippen molar-refractivity contribution in [1.82, 2.24) is 9.97 Å². The molecule has 3 rings (SSSR count). The maximum Gasteiger partial charge on any atom is 0.314 e. The van der Waals surface area contributed by atoms with Crippen LogP contribution in [0.5, 0.6) is 5.75 Å².